The van der Waals surface area contributed by atoms with Crippen molar-refractivity contribution in [1.29, 1.82) is 0 Å². The number of carboxylic acids is 1. The fourth-order valence-corrected chi connectivity index (χ4v) is 10.3. The van der Waals surface area contributed by atoms with Crippen LogP contribution in [0.4, 0.5) is 52.7 Å². The summed E-state index contributed by atoms with van der Waals surface area (Å²) in [6.07, 6.45) is -17.1. The Hall–Kier alpha value is -6.44. The van der Waals surface area contributed by atoms with Crippen LogP contribution in [-0.2, 0) is 42.9 Å². The van der Waals surface area contributed by atoms with E-state index >= 15 is 0 Å². The number of nitrogens with zero attached hydrogens (tertiary/aromatic N) is 2. The molecule has 5 N–H and O–H groups in total. The van der Waals surface area contributed by atoms with Crippen molar-refractivity contribution in [2.24, 2.45) is 0 Å². The standard InChI is InChI=1S/C33H35F6NO3.C31H31F6NO3.CH4O2.Na.H2O/c1-6-30(7-2,25-11-10-24(21(4)17-25)15-16-31(42,32(34,35)36)33(37,38)39)26-12-13-27(22(5)18-26)28-14-9-23(20-40-28)19-29(41)43-8-3;1-5-28(6-2,24-10-11-25(20(4)16-24)26-12-7-21(18-38-26)17-27(39)40)23-9-8-22(19(3)15-23)13-14-29(41,30(32,33)34)31(35,36)37;1-3-2;;/h9-18,20,42H,6-8,19H2,1-5H3;7-16,18,41H,5-6,17H2,1-4H3,(H,39,40);2H,1H3;;1H2/q;;;+1;/p-1/b16-15+;14-13+;;;. The van der Waals surface area contributed by atoms with Crippen molar-refractivity contribution in [3.8, 4) is 22.5 Å². The Kier molecular flexibility index (Phi) is 28.3. The Labute approximate surface area is 531 Å². The first-order valence-electron chi connectivity index (χ1n) is 27.4. The van der Waals surface area contributed by atoms with Gasteiger partial charge in [0.2, 0.25) is 0 Å². The Bertz CT molecular complexity index is 3330. The van der Waals surface area contributed by atoms with E-state index in [1.165, 1.54) is 25.4 Å². The zero-order valence-corrected chi connectivity index (χ0v) is 53.0. The van der Waals surface area contributed by atoms with Crippen LogP contribution < -0.4 is 29.6 Å². The van der Waals surface area contributed by atoms with Gasteiger partial charge in [-0.15, -0.1) is 0 Å². The third-order valence-corrected chi connectivity index (χ3v) is 15.6. The van der Waals surface area contributed by atoms with Crippen molar-refractivity contribution in [2.45, 2.75) is 148 Å². The minimum atomic E-state index is -5.94. The maximum Gasteiger partial charge on any atom is 1.00 e. The Morgan fingerprint density at radius 1 is 0.494 bits per heavy atom. The average molecular weight is 1280 g/mol. The van der Waals surface area contributed by atoms with Gasteiger partial charge in [-0.2, -0.15) is 52.7 Å². The van der Waals surface area contributed by atoms with Crippen LogP contribution in [0.15, 0.2) is 122 Å². The molecule has 0 aliphatic carbocycles. The van der Waals surface area contributed by atoms with Gasteiger partial charge in [0.15, 0.2) is 0 Å². The molecule has 0 radical (unpaired) electrons. The number of carbonyl (C=O) groups is 2. The van der Waals surface area contributed by atoms with Crippen LogP contribution in [-0.4, -0.2) is 97.6 Å². The number of hydrogen-bond donors (Lipinski definition) is 4. The molecule has 0 saturated heterocycles. The number of hydrogen-bond acceptors (Lipinski definition) is 10. The summed E-state index contributed by atoms with van der Waals surface area (Å²) in [5, 5.41) is 35.0. The largest absolute Gasteiger partial charge is 1.00 e. The molecule has 6 rings (SSSR count). The first-order valence-corrected chi connectivity index (χ1v) is 27.4. The van der Waals surface area contributed by atoms with Crippen molar-refractivity contribution < 1.29 is 128 Å². The molecular formula is C65H71F12N2NaO9. The maximum atomic E-state index is 13.1. The van der Waals surface area contributed by atoms with Gasteiger partial charge in [0.25, 0.3) is 11.2 Å². The number of ether oxygens (including phenoxy) is 1. The molecule has 4 aromatic carbocycles. The molecule has 11 nitrogen and oxygen atoms in total. The number of aromatic nitrogens is 2. The number of halogens is 12. The van der Waals surface area contributed by atoms with Crippen LogP contribution in [0.25, 0.3) is 34.7 Å². The second-order valence-electron chi connectivity index (χ2n) is 20.8. The normalized spacial score (nSPS) is 12.6. The molecular weight excluding hydrogens is 1200 g/mol. The van der Waals surface area contributed by atoms with E-state index in [2.05, 4.69) is 20.9 Å². The fraction of sp³-hybridized carbons (Fsp3) is 0.385. The van der Waals surface area contributed by atoms with E-state index < -0.39 is 52.7 Å². The summed E-state index contributed by atoms with van der Waals surface area (Å²) in [7, 11) is 1.18. The number of benzene rings is 4. The van der Waals surface area contributed by atoms with Gasteiger partial charge in [-0.25, -0.2) is 4.89 Å². The van der Waals surface area contributed by atoms with Crippen LogP contribution in [0.1, 0.15) is 127 Å². The second-order valence-corrected chi connectivity index (χ2v) is 20.8. The van der Waals surface area contributed by atoms with Gasteiger partial charge in [0.1, 0.15) is 0 Å². The number of alkyl halides is 12. The van der Waals surface area contributed by atoms with Crippen molar-refractivity contribution in [3.63, 3.8) is 0 Å². The zero-order chi connectivity index (χ0) is 65.7. The van der Waals surface area contributed by atoms with Crippen LogP contribution in [0.5, 0.6) is 0 Å². The molecule has 0 unspecified atom stereocenters. The molecule has 24 heteroatoms. The minimum Gasteiger partial charge on any atom is -0.870 e. The molecule has 0 saturated carbocycles. The van der Waals surface area contributed by atoms with E-state index in [0.717, 1.165) is 55.8 Å². The van der Waals surface area contributed by atoms with Crippen LogP contribution in [0, 0.1) is 27.7 Å². The molecule has 480 valence electrons. The molecule has 6 aromatic rings. The molecule has 0 spiro atoms. The van der Waals surface area contributed by atoms with Crippen molar-refractivity contribution in [1.82, 2.24) is 9.97 Å². The first kappa shape index (κ1) is 78.7. The molecule has 2 heterocycles. The summed E-state index contributed by atoms with van der Waals surface area (Å²) in [6, 6.07) is 29.0. The summed E-state index contributed by atoms with van der Waals surface area (Å²) in [4.78, 5) is 34.9. The van der Waals surface area contributed by atoms with Gasteiger partial charge in [-0.3, -0.25) is 24.8 Å². The molecule has 89 heavy (non-hydrogen) atoms. The van der Waals surface area contributed by atoms with Gasteiger partial charge in [0, 0.05) is 34.4 Å². The molecule has 0 amide bonds. The second kappa shape index (κ2) is 32.0. The van der Waals surface area contributed by atoms with E-state index in [0.29, 0.717) is 66.8 Å². The van der Waals surface area contributed by atoms with Crippen LogP contribution >= 0.6 is 0 Å². The topological polar surface area (TPSA) is 189 Å². The van der Waals surface area contributed by atoms with E-state index in [1.807, 2.05) is 84.0 Å². The zero-order valence-electron chi connectivity index (χ0n) is 51.0. The smallest absolute Gasteiger partial charge is 0.870 e. The Morgan fingerprint density at radius 2 is 0.798 bits per heavy atom. The summed E-state index contributed by atoms with van der Waals surface area (Å²) >= 11 is 0. The van der Waals surface area contributed by atoms with E-state index in [1.54, 1.807) is 63.4 Å². The van der Waals surface area contributed by atoms with Crippen molar-refractivity contribution >= 4 is 24.1 Å². The fourth-order valence-electron chi connectivity index (χ4n) is 10.3. The van der Waals surface area contributed by atoms with Gasteiger partial charge in [-0.05, 0) is 151 Å². The van der Waals surface area contributed by atoms with Gasteiger partial charge in [0.05, 0.1) is 37.9 Å². The monoisotopic (exact) mass is 1270 g/mol. The van der Waals surface area contributed by atoms with Gasteiger partial charge in [-0.1, -0.05) is 125 Å². The van der Waals surface area contributed by atoms with Crippen LogP contribution in [0.2, 0.25) is 0 Å². The van der Waals surface area contributed by atoms with Crippen LogP contribution in [0.3, 0.4) is 0 Å². The summed E-state index contributed by atoms with van der Waals surface area (Å²) in [5.41, 5.74) is 0.382. The molecule has 0 aliphatic heterocycles. The molecule has 0 atom stereocenters. The summed E-state index contributed by atoms with van der Waals surface area (Å²) < 4.78 is 162. The average Bonchev–Trinajstić information content (AvgIpc) is 2.43. The third-order valence-electron chi connectivity index (χ3n) is 15.6. The Morgan fingerprint density at radius 3 is 1.04 bits per heavy atom. The van der Waals surface area contributed by atoms with Gasteiger partial charge >= 0.3 is 66.2 Å². The summed E-state index contributed by atoms with van der Waals surface area (Å²) in [6.45, 7) is 17.2. The number of rotatable bonds is 19. The molecule has 0 bridgehead atoms. The first-order chi connectivity index (χ1) is 40.4. The number of carboxylic acid groups (broad SMARTS) is 1. The SMILES string of the molecule is CCC(CC)(c1ccc(/C=C/C(O)(C(F)(F)F)C(F)(F)F)c(C)c1)c1ccc(-c2ccc(CC(=O)O)cn2)c(C)c1.CCOC(=O)Cc1ccc(-c2ccc(C(CC)(CC)c3ccc(/C=C/C(O)(C(F)(F)F)C(F)(F)F)c(C)c3)cc2C)nc1.COO.[Na+].[OH-]. The number of pyridine rings is 2. The number of aliphatic carboxylic acids is 1. The summed E-state index contributed by atoms with van der Waals surface area (Å²) in [5.74, 6) is -1.27. The quantitative estimate of drug-likeness (QED) is 0.0199. The van der Waals surface area contributed by atoms with E-state index in [4.69, 9.17) is 15.1 Å². The van der Waals surface area contributed by atoms with Crippen molar-refractivity contribution in [3.05, 3.63) is 188 Å². The predicted molar refractivity (Wildman–Crippen MR) is 309 cm³/mol. The number of aryl methyl sites for hydroxylation is 4. The van der Waals surface area contributed by atoms with E-state index in [-0.39, 0.29) is 77.1 Å². The molecule has 0 aliphatic rings. The third kappa shape index (κ3) is 18.2. The maximum absolute atomic E-state index is 13.1. The number of esters is 1. The number of aliphatic hydroxyl groups is 2. The van der Waals surface area contributed by atoms with E-state index in [9.17, 15) is 72.5 Å². The Balaban J connectivity index is 0.000000569. The van der Waals surface area contributed by atoms with Crippen molar-refractivity contribution in [2.75, 3.05) is 13.7 Å². The predicted octanol–water partition coefficient (Wildman–Crippen LogP) is 13.3. The minimum absolute atomic E-state index is 0. The number of carbonyl (C=O) groups excluding carboxylic acids is 1. The van der Waals surface area contributed by atoms with Gasteiger partial charge < -0.3 is 25.5 Å². The molecule has 0 fully saturated rings. The molecule has 2 aromatic heterocycles.